The summed E-state index contributed by atoms with van der Waals surface area (Å²) in [5, 5.41) is 9.92. The Labute approximate surface area is 104 Å². The number of benzene rings is 1. The van der Waals surface area contributed by atoms with Gasteiger partial charge in [0.25, 0.3) is 0 Å². The molecule has 1 amide bonds. The molecule has 0 saturated carbocycles. The monoisotopic (exact) mass is 247 g/mol. The summed E-state index contributed by atoms with van der Waals surface area (Å²) in [6, 6.07) is 5.48. The Morgan fingerprint density at radius 2 is 2.11 bits per heavy atom. The standard InChI is InChI=1S/C12H13N3O3/c1-7-4-5-10(17-3)9(6-7)13-11(16)12-15-14-8(2)18-12/h4-6H,1-3H3,(H,13,16). The number of nitrogens with one attached hydrogen (secondary N) is 1. The number of nitrogens with zero attached hydrogens (tertiary/aromatic N) is 2. The third-order valence-corrected chi connectivity index (χ3v) is 2.32. The highest BCUT2D eigenvalue weighted by Crippen LogP contribution is 2.25. The summed E-state index contributed by atoms with van der Waals surface area (Å²) in [7, 11) is 1.54. The van der Waals surface area contributed by atoms with Crippen molar-refractivity contribution in [2.45, 2.75) is 13.8 Å². The van der Waals surface area contributed by atoms with E-state index < -0.39 is 5.91 Å². The molecule has 1 N–H and O–H groups in total. The molecule has 0 aliphatic rings. The average molecular weight is 247 g/mol. The van der Waals surface area contributed by atoms with Crippen molar-refractivity contribution in [2.24, 2.45) is 0 Å². The molecule has 0 bridgehead atoms. The number of ether oxygens (including phenoxy) is 1. The Morgan fingerprint density at radius 1 is 1.33 bits per heavy atom. The number of carbonyl (C=O) groups excluding carboxylic acids is 1. The molecule has 94 valence electrons. The number of methoxy groups -OCH3 is 1. The third kappa shape index (κ3) is 2.48. The number of anilines is 1. The summed E-state index contributed by atoms with van der Waals surface area (Å²) in [5.74, 6) is 0.386. The van der Waals surface area contributed by atoms with Crippen LogP contribution in [0.5, 0.6) is 5.75 Å². The van der Waals surface area contributed by atoms with E-state index in [4.69, 9.17) is 9.15 Å². The predicted octanol–water partition coefficient (Wildman–Crippen LogP) is 1.95. The van der Waals surface area contributed by atoms with Gasteiger partial charge in [0.15, 0.2) is 0 Å². The fourth-order valence-corrected chi connectivity index (χ4v) is 1.48. The molecule has 6 heteroatoms. The molecule has 1 heterocycles. The lowest BCUT2D eigenvalue weighted by Crippen LogP contribution is -2.13. The highest BCUT2D eigenvalue weighted by Gasteiger charge is 2.15. The first-order chi connectivity index (χ1) is 8.60. The molecule has 2 aromatic rings. The maximum absolute atomic E-state index is 11.8. The van der Waals surface area contributed by atoms with E-state index in [1.165, 1.54) is 7.11 Å². The van der Waals surface area contributed by atoms with Crippen LogP contribution in [0.15, 0.2) is 22.6 Å². The fourth-order valence-electron chi connectivity index (χ4n) is 1.48. The molecule has 0 spiro atoms. The van der Waals surface area contributed by atoms with E-state index >= 15 is 0 Å². The molecule has 1 aromatic carbocycles. The zero-order valence-electron chi connectivity index (χ0n) is 10.4. The normalized spacial score (nSPS) is 10.2. The minimum atomic E-state index is -0.459. The molecule has 1 aromatic heterocycles. The van der Waals surface area contributed by atoms with Gasteiger partial charge in [-0.2, -0.15) is 0 Å². The summed E-state index contributed by atoms with van der Waals surface area (Å²) in [5.41, 5.74) is 1.58. The van der Waals surface area contributed by atoms with Crippen molar-refractivity contribution in [1.29, 1.82) is 0 Å². The van der Waals surface area contributed by atoms with Crippen LogP contribution < -0.4 is 10.1 Å². The predicted molar refractivity (Wildman–Crippen MR) is 64.7 cm³/mol. The molecular weight excluding hydrogens is 234 g/mol. The van der Waals surface area contributed by atoms with E-state index in [0.717, 1.165) is 5.56 Å². The number of hydrogen-bond acceptors (Lipinski definition) is 5. The van der Waals surface area contributed by atoms with E-state index in [2.05, 4.69) is 15.5 Å². The van der Waals surface area contributed by atoms with Crippen LogP contribution in [-0.4, -0.2) is 23.2 Å². The SMILES string of the molecule is COc1ccc(C)cc1NC(=O)c1nnc(C)o1. The molecule has 0 atom stereocenters. The second-order valence-electron chi connectivity index (χ2n) is 3.78. The van der Waals surface area contributed by atoms with Crippen molar-refractivity contribution in [3.05, 3.63) is 35.5 Å². The van der Waals surface area contributed by atoms with Crippen LogP contribution in [0.3, 0.4) is 0 Å². The minimum Gasteiger partial charge on any atom is -0.495 e. The highest BCUT2D eigenvalue weighted by molar-refractivity contribution is 6.01. The molecule has 0 radical (unpaired) electrons. The Hall–Kier alpha value is -2.37. The van der Waals surface area contributed by atoms with E-state index in [-0.39, 0.29) is 5.89 Å². The van der Waals surface area contributed by atoms with Crippen molar-refractivity contribution in [3.63, 3.8) is 0 Å². The van der Waals surface area contributed by atoms with Crippen LogP contribution in [-0.2, 0) is 0 Å². The summed E-state index contributed by atoms with van der Waals surface area (Å²) in [4.78, 5) is 11.8. The number of carbonyl (C=O) groups is 1. The number of hydrogen-bond donors (Lipinski definition) is 1. The van der Waals surface area contributed by atoms with Crippen molar-refractivity contribution >= 4 is 11.6 Å². The van der Waals surface area contributed by atoms with Crippen molar-refractivity contribution < 1.29 is 13.9 Å². The molecule has 0 unspecified atom stereocenters. The van der Waals surface area contributed by atoms with Crippen LogP contribution in [0.2, 0.25) is 0 Å². The summed E-state index contributed by atoms with van der Waals surface area (Å²) >= 11 is 0. The Morgan fingerprint density at radius 3 is 2.72 bits per heavy atom. The number of amides is 1. The molecule has 2 rings (SSSR count). The molecule has 0 aliphatic heterocycles. The summed E-state index contributed by atoms with van der Waals surface area (Å²) in [6.45, 7) is 3.54. The van der Waals surface area contributed by atoms with Crippen LogP contribution in [0.1, 0.15) is 22.1 Å². The van der Waals surface area contributed by atoms with Crippen LogP contribution >= 0.6 is 0 Å². The van der Waals surface area contributed by atoms with Crippen molar-refractivity contribution in [3.8, 4) is 5.75 Å². The van der Waals surface area contributed by atoms with Gasteiger partial charge in [0, 0.05) is 6.92 Å². The minimum absolute atomic E-state index is 0.0731. The van der Waals surface area contributed by atoms with E-state index in [0.29, 0.717) is 17.3 Å². The van der Waals surface area contributed by atoms with Crippen molar-refractivity contribution in [1.82, 2.24) is 10.2 Å². The lowest BCUT2D eigenvalue weighted by Gasteiger charge is -2.09. The Bertz CT molecular complexity index is 578. The average Bonchev–Trinajstić information content (AvgIpc) is 2.76. The zero-order chi connectivity index (χ0) is 13.1. The molecule has 0 saturated heterocycles. The van der Waals surface area contributed by atoms with Crippen LogP contribution in [0.4, 0.5) is 5.69 Å². The second kappa shape index (κ2) is 4.87. The second-order valence-corrected chi connectivity index (χ2v) is 3.78. The first-order valence-electron chi connectivity index (χ1n) is 5.36. The Kier molecular flexibility index (Phi) is 3.27. The van der Waals surface area contributed by atoms with Crippen LogP contribution in [0, 0.1) is 13.8 Å². The highest BCUT2D eigenvalue weighted by atomic mass is 16.5. The van der Waals surface area contributed by atoms with Gasteiger partial charge >= 0.3 is 11.8 Å². The quantitative estimate of drug-likeness (QED) is 0.896. The van der Waals surface area contributed by atoms with Gasteiger partial charge in [-0.1, -0.05) is 6.07 Å². The van der Waals surface area contributed by atoms with Gasteiger partial charge in [-0.15, -0.1) is 10.2 Å². The smallest absolute Gasteiger partial charge is 0.313 e. The first kappa shape index (κ1) is 12.1. The summed E-state index contributed by atoms with van der Waals surface area (Å²) < 4.78 is 10.2. The van der Waals surface area contributed by atoms with Gasteiger partial charge in [-0.3, -0.25) is 4.79 Å². The van der Waals surface area contributed by atoms with Gasteiger partial charge in [0.1, 0.15) is 5.75 Å². The molecule has 6 nitrogen and oxygen atoms in total. The first-order valence-corrected chi connectivity index (χ1v) is 5.36. The fraction of sp³-hybridized carbons (Fsp3) is 0.250. The van der Waals surface area contributed by atoms with Gasteiger partial charge in [-0.05, 0) is 24.6 Å². The molecule has 0 aliphatic carbocycles. The maximum Gasteiger partial charge on any atom is 0.313 e. The molecule has 18 heavy (non-hydrogen) atoms. The molecular formula is C12H13N3O3. The maximum atomic E-state index is 11.8. The molecule has 0 fully saturated rings. The summed E-state index contributed by atoms with van der Waals surface area (Å²) in [6.07, 6.45) is 0. The zero-order valence-corrected chi connectivity index (χ0v) is 10.4. The van der Waals surface area contributed by atoms with Crippen molar-refractivity contribution in [2.75, 3.05) is 12.4 Å². The third-order valence-electron chi connectivity index (χ3n) is 2.32. The van der Waals surface area contributed by atoms with Gasteiger partial charge < -0.3 is 14.5 Å². The number of rotatable bonds is 3. The topological polar surface area (TPSA) is 77.2 Å². The van der Waals surface area contributed by atoms with E-state index in [9.17, 15) is 4.79 Å². The van der Waals surface area contributed by atoms with Crippen LogP contribution in [0.25, 0.3) is 0 Å². The van der Waals surface area contributed by atoms with E-state index in [1.807, 2.05) is 13.0 Å². The van der Waals surface area contributed by atoms with Gasteiger partial charge in [-0.25, -0.2) is 0 Å². The van der Waals surface area contributed by atoms with Gasteiger partial charge in [0.2, 0.25) is 5.89 Å². The number of aromatic nitrogens is 2. The van der Waals surface area contributed by atoms with E-state index in [1.54, 1.807) is 19.1 Å². The lowest BCUT2D eigenvalue weighted by molar-refractivity contribution is 0.0988. The Balaban J connectivity index is 2.23. The largest absolute Gasteiger partial charge is 0.495 e. The number of aryl methyl sites for hydroxylation is 2. The van der Waals surface area contributed by atoms with Gasteiger partial charge in [0.05, 0.1) is 12.8 Å². The lowest BCUT2D eigenvalue weighted by atomic mass is 10.2.